The van der Waals surface area contributed by atoms with E-state index in [1.807, 2.05) is 6.07 Å². The maximum atomic E-state index is 11.6. The molecule has 1 aromatic rings. The lowest BCUT2D eigenvalue weighted by Gasteiger charge is -2.30. The molecule has 122 valence electrons. The zero-order valence-corrected chi connectivity index (χ0v) is 13.7. The molecule has 1 heterocycles. The predicted molar refractivity (Wildman–Crippen MR) is 87.1 cm³/mol. The monoisotopic (exact) mass is 323 g/mol. The lowest BCUT2D eigenvalue weighted by molar-refractivity contribution is 0.376. The van der Waals surface area contributed by atoms with Gasteiger partial charge in [-0.1, -0.05) is 12.5 Å². The molecule has 2 aliphatic rings. The molecule has 4 N–H and O–H groups in total. The van der Waals surface area contributed by atoms with Gasteiger partial charge in [-0.05, 0) is 61.9 Å². The maximum Gasteiger partial charge on any atom is 0.238 e. The normalized spacial score (nSPS) is 26.2. The highest BCUT2D eigenvalue weighted by molar-refractivity contribution is 7.89. The molecule has 0 spiro atoms. The summed E-state index contributed by atoms with van der Waals surface area (Å²) in [6.45, 7) is 2.08. The Kier molecular flexibility index (Phi) is 4.82. The van der Waals surface area contributed by atoms with Crippen molar-refractivity contribution < 1.29 is 8.42 Å². The van der Waals surface area contributed by atoms with Crippen molar-refractivity contribution in [3.63, 3.8) is 0 Å². The zero-order valence-electron chi connectivity index (χ0n) is 12.8. The van der Waals surface area contributed by atoms with E-state index in [-0.39, 0.29) is 10.9 Å². The Hall–Kier alpha value is -0.950. The van der Waals surface area contributed by atoms with E-state index in [1.54, 1.807) is 12.1 Å². The Bertz CT molecular complexity index is 622. The number of primary sulfonamides is 1. The van der Waals surface area contributed by atoms with E-state index in [0.29, 0.717) is 6.04 Å². The molecule has 0 saturated carbocycles. The number of rotatable bonds is 3. The number of hydrogen-bond donors (Lipinski definition) is 3. The van der Waals surface area contributed by atoms with Crippen molar-refractivity contribution in [1.82, 2.24) is 10.6 Å². The molecule has 22 heavy (non-hydrogen) atoms. The van der Waals surface area contributed by atoms with Crippen LogP contribution in [0.25, 0.3) is 0 Å². The lowest BCUT2D eigenvalue weighted by atomic mass is 9.87. The molecule has 1 fully saturated rings. The van der Waals surface area contributed by atoms with E-state index in [9.17, 15) is 8.42 Å². The summed E-state index contributed by atoms with van der Waals surface area (Å²) in [6, 6.07) is 6.01. The van der Waals surface area contributed by atoms with Gasteiger partial charge in [0.25, 0.3) is 0 Å². The first-order valence-electron chi connectivity index (χ1n) is 8.16. The fraction of sp³-hybridized carbons (Fsp3) is 0.625. The highest BCUT2D eigenvalue weighted by Gasteiger charge is 2.24. The Labute approximate surface area is 132 Å². The van der Waals surface area contributed by atoms with Crippen LogP contribution in [0.3, 0.4) is 0 Å². The van der Waals surface area contributed by atoms with Crippen molar-refractivity contribution >= 4 is 10.0 Å². The quantitative estimate of drug-likeness (QED) is 0.786. The number of nitrogens with two attached hydrogens (primary N) is 1. The van der Waals surface area contributed by atoms with E-state index >= 15 is 0 Å². The Morgan fingerprint density at radius 2 is 2.05 bits per heavy atom. The van der Waals surface area contributed by atoms with E-state index in [2.05, 4.69) is 10.6 Å². The molecule has 2 unspecified atom stereocenters. The van der Waals surface area contributed by atoms with Crippen LogP contribution >= 0.6 is 0 Å². The molecule has 3 rings (SSSR count). The van der Waals surface area contributed by atoms with Crippen LogP contribution in [-0.2, 0) is 16.4 Å². The molecule has 0 amide bonds. The first kappa shape index (κ1) is 15.9. The summed E-state index contributed by atoms with van der Waals surface area (Å²) in [5.74, 6) is 0. The molecule has 5 nitrogen and oxygen atoms in total. The molecule has 0 bridgehead atoms. The van der Waals surface area contributed by atoms with Gasteiger partial charge in [-0.15, -0.1) is 0 Å². The zero-order chi connectivity index (χ0) is 15.6. The van der Waals surface area contributed by atoms with Gasteiger partial charge in [0.2, 0.25) is 10.0 Å². The van der Waals surface area contributed by atoms with Gasteiger partial charge in [-0.2, -0.15) is 0 Å². The van der Waals surface area contributed by atoms with Crippen molar-refractivity contribution in [2.45, 2.75) is 55.5 Å². The molecular formula is C16H25N3O2S. The third-order valence-electron chi connectivity index (χ3n) is 4.74. The lowest BCUT2D eigenvalue weighted by Crippen LogP contribution is -2.40. The minimum atomic E-state index is -3.64. The number of sulfonamides is 1. The summed E-state index contributed by atoms with van der Waals surface area (Å²) >= 11 is 0. The first-order chi connectivity index (χ1) is 10.5. The van der Waals surface area contributed by atoms with Gasteiger partial charge in [0.1, 0.15) is 0 Å². The Morgan fingerprint density at radius 3 is 2.86 bits per heavy atom. The Morgan fingerprint density at radius 1 is 1.18 bits per heavy atom. The summed E-state index contributed by atoms with van der Waals surface area (Å²) in [6.07, 6.45) is 6.85. The van der Waals surface area contributed by atoms with Gasteiger partial charge < -0.3 is 10.6 Å². The number of aryl methyl sites for hydroxylation is 1. The number of benzene rings is 1. The van der Waals surface area contributed by atoms with Crippen molar-refractivity contribution in [2.75, 3.05) is 13.1 Å². The van der Waals surface area contributed by atoms with Crippen LogP contribution in [0.15, 0.2) is 23.1 Å². The minimum absolute atomic E-state index is 0.221. The molecule has 1 aliphatic carbocycles. The van der Waals surface area contributed by atoms with Crippen molar-refractivity contribution in [1.29, 1.82) is 0 Å². The van der Waals surface area contributed by atoms with Gasteiger partial charge in [-0.25, -0.2) is 13.6 Å². The average molecular weight is 323 g/mol. The molecule has 1 aromatic carbocycles. The molecule has 0 aromatic heterocycles. The summed E-state index contributed by atoms with van der Waals surface area (Å²) in [7, 11) is -3.64. The van der Waals surface area contributed by atoms with Crippen LogP contribution in [0, 0.1) is 0 Å². The second-order valence-electron chi connectivity index (χ2n) is 6.41. The smallest absolute Gasteiger partial charge is 0.238 e. The molecule has 6 heteroatoms. The maximum absolute atomic E-state index is 11.6. The van der Waals surface area contributed by atoms with Crippen LogP contribution in [-0.4, -0.2) is 27.5 Å². The summed E-state index contributed by atoms with van der Waals surface area (Å²) < 4.78 is 23.2. The standard InChI is InChI=1S/C16H25N3O2S/c17-22(20,21)14-8-7-12-4-3-6-16(15(12)10-14)19-13-5-1-2-9-18-11-13/h7-8,10,13,16,18-19H,1-6,9,11H2,(H2,17,20,21). The summed E-state index contributed by atoms with van der Waals surface area (Å²) in [5, 5.41) is 12.5. The van der Waals surface area contributed by atoms with Crippen molar-refractivity contribution in [3.05, 3.63) is 29.3 Å². The van der Waals surface area contributed by atoms with Gasteiger partial charge in [-0.3, -0.25) is 0 Å². The third kappa shape index (κ3) is 3.68. The largest absolute Gasteiger partial charge is 0.315 e. The molecule has 1 saturated heterocycles. The SMILES string of the molecule is NS(=O)(=O)c1ccc2c(c1)C(NC1CCCCNC1)CCC2. The van der Waals surface area contributed by atoms with Gasteiger partial charge in [0, 0.05) is 18.6 Å². The van der Waals surface area contributed by atoms with Crippen LogP contribution in [0.2, 0.25) is 0 Å². The summed E-state index contributed by atoms with van der Waals surface area (Å²) in [5.41, 5.74) is 2.36. The number of hydrogen-bond acceptors (Lipinski definition) is 4. The van der Waals surface area contributed by atoms with Gasteiger partial charge in [0.15, 0.2) is 0 Å². The molecule has 2 atom stereocenters. The third-order valence-corrected chi connectivity index (χ3v) is 5.65. The van der Waals surface area contributed by atoms with Crippen LogP contribution < -0.4 is 15.8 Å². The minimum Gasteiger partial charge on any atom is -0.315 e. The second kappa shape index (κ2) is 6.66. The van der Waals surface area contributed by atoms with Crippen LogP contribution in [0.1, 0.15) is 49.3 Å². The van der Waals surface area contributed by atoms with Crippen LogP contribution in [0.4, 0.5) is 0 Å². The molecule has 0 radical (unpaired) electrons. The number of nitrogens with one attached hydrogen (secondary N) is 2. The van der Waals surface area contributed by atoms with Gasteiger partial charge >= 0.3 is 0 Å². The Balaban J connectivity index is 1.83. The number of fused-ring (bicyclic) bond motifs is 1. The van der Waals surface area contributed by atoms with E-state index in [0.717, 1.165) is 37.9 Å². The second-order valence-corrected chi connectivity index (χ2v) is 7.98. The van der Waals surface area contributed by atoms with Crippen molar-refractivity contribution in [3.8, 4) is 0 Å². The van der Waals surface area contributed by atoms with E-state index in [1.165, 1.54) is 24.8 Å². The van der Waals surface area contributed by atoms with Gasteiger partial charge in [0.05, 0.1) is 4.90 Å². The van der Waals surface area contributed by atoms with E-state index in [4.69, 9.17) is 5.14 Å². The summed E-state index contributed by atoms with van der Waals surface area (Å²) in [4.78, 5) is 0.221. The van der Waals surface area contributed by atoms with E-state index < -0.39 is 10.0 Å². The highest BCUT2D eigenvalue weighted by atomic mass is 32.2. The topological polar surface area (TPSA) is 84.2 Å². The first-order valence-corrected chi connectivity index (χ1v) is 9.71. The average Bonchev–Trinajstić information content (AvgIpc) is 2.75. The molecular weight excluding hydrogens is 298 g/mol. The molecule has 1 aliphatic heterocycles. The fourth-order valence-corrected chi connectivity index (χ4v) is 4.12. The van der Waals surface area contributed by atoms with Crippen molar-refractivity contribution in [2.24, 2.45) is 5.14 Å². The predicted octanol–water partition coefficient (Wildman–Crippen LogP) is 1.44. The highest BCUT2D eigenvalue weighted by Crippen LogP contribution is 2.32. The fourth-order valence-electron chi connectivity index (χ4n) is 3.57. The van der Waals surface area contributed by atoms with Crippen LogP contribution in [0.5, 0.6) is 0 Å².